The molecular weight excluding hydrogens is 289 g/mol. The van der Waals surface area contributed by atoms with Gasteiger partial charge in [-0.15, -0.1) is 0 Å². The molecule has 0 radical (unpaired) electrons. The number of thioether (sulfide) groups is 1. The van der Waals surface area contributed by atoms with Crippen molar-refractivity contribution in [1.82, 2.24) is 5.32 Å². The van der Waals surface area contributed by atoms with Crippen LogP contribution in [0.15, 0.2) is 18.2 Å². The molecule has 7 heteroatoms. The molecule has 2 N–H and O–H groups in total. The quantitative estimate of drug-likeness (QED) is 0.793. The number of alkyl halides is 3. The molecule has 1 amide bonds. The number of benzene rings is 1. The normalized spacial score (nSPS) is 11.2. The predicted molar refractivity (Wildman–Crippen MR) is 76.3 cm³/mol. The van der Waals surface area contributed by atoms with E-state index >= 15 is 0 Å². The summed E-state index contributed by atoms with van der Waals surface area (Å²) in [7, 11) is 1.41. The molecule has 0 atom stereocenters. The second-order valence-electron chi connectivity index (χ2n) is 4.11. The lowest BCUT2D eigenvalue weighted by atomic mass is 10.1. The van der Waals surface area contributed by atoms with Crippen LogP contribution < -0.4 is 10.6 Å². The number of rotatable bonds is 6. The molecule has 3 nitrogen and oxygen atoms in total. The van der Waals surface area contributed by atoms with Crippen LogP contribution in [0.4, 0.5) is 18.9 Å². The van der Waals surface area contributed by atoms with E-state index in [1.165, 1.54) is 19.2 Å². The molecule has 1 aromatic carbocycles. The maximum atomic E-state index is 12.9. The number of hydrogen-bond donors (Lipinski definition) is 2. The largest absolute Gasteiger partial charge is 0.418 e. The van der Waals surface area contributed by atoms with Crippen molar-refractivity contribution < 1.29 is 18.0 Å². The molecule has 0 heterocycles. The Bertz CT molecular complexity index is 463. The molecule has 0 aliphatic carbocycles. The van der Waals surface area contributed by atoms with Gasteiger partial charge in [-0.1, -0.05) is 0 Å². The first-order chi connectivity index (χ1) is 9.40. The first kappa shape index (κ1) is 16.7. The highest BCUT2D eigenvalue weighted by Crippen LogP contribution is 2.35. The first-order valence-electron chi connectivity index (χ1n) is 6.06. The zero-order chi connectivity index (χ0) is 15.2. The molecule has 0 bridgehead atoms. The summed E-state index contributed by atoms with van der Waals surface area (Å²) in [6, 6.07) is 3.51. The van der Waals surface area contributed by atoms with Crippen molar-refractivity contribution in [2.75, 3.05) is 30.9 Å². The van der Waals surface area contributed by atoms with Gasteiger partial charge in [0.05, 0.1) is 5.56 Å². The van der Waals surface area contributed by atoms with Crippen molar-refractivity contribution in [2.24, 2.45) is 0 Å². The van der Waals surface area contributed by atoms with Gasteiger partial charge >= 0.3 is 6.18 Å². The standard InChI is InChI=1S/C13H17F3N2OS/c1-17-11-5-4-9(8-10(11)13(14,15)16)12(19)18-6-3-7-20-2/h4-5,8,17H,3,6-7H2,1-2H3,(H,18,19). The summed E-state index contributed by atoms with van der Waals surface area (Å²) < 4.78 is 38.6. The van der Waals surface area contributed by atoms with Crippen LogP contribution in [-0.2, 0) is 6.18 Å². The Morgan fingerprint density at radius 3 is 2.60 bits per heavy atom. The fourth-order valence-electron chi connectivity index (χ4n) is 1.66. The molecule has 0 saturated heterocycles. The van der Waals surface area contributed by atoms with Crippen molar-refractivity contribution in [1.29, 1.82) is 0 Å². The molecule has 1 rings (SSSR count). The van der Waals surface area contributed by atoms with Gasteiger partial charge < -0.3 is 10.6 Å². The van der Waals surface area contributed by atoms with E-state index in [1.807, 2.05) is 6.26 Å². The Kier molecular flexibility index (Phi) is 6.19. The zero-order valence-corrected chi connectivity index (χ0v) is 12.1. The third-order valence-electron chi connectivity index (χ3n) is 2.67. The van der Waals surface area contributed by atoms with Crippen LogP contribution in [0.25, 0.3) is 0 Å². The van der Waals surface area contributed by atoms with Crippen LogP contribution in [-0.4, -0.2) is 31.5 Å². The third-order valence-corrected chi connectivity index (χ3v) is 3.36. The van der Waals surface area contributed by atoms with E-state index in [2.05, 4.69) is 10.6 Å². The van der Waals surface area contributed by atoms with Crippen molar-refractivity contribution in [2.45, 2.75) is 12.6 Å². The van der Waals surface area contributed by atoms with Crippen LogP contribution in [0.3, 0.4) is 0 Å². The van der Waals surface area contributed by atoms with Gasteiger partial charge in [-0.3, -0.25) is 4.79 Å². The smallest absolute Gasteiger partial charge is 0.388 e. The Labute approximate surface area is 120 Å². The summed E-state index contributed by atoms with van der Waals surface area (Å²) in [5.41, 5.74) is -0.867. The molecule has 1 aromatic rings. The summed E-state index contributed by atoms with van der Waals surface area (Å²) in [4.78, 5) is 11.8. The number of hydrogen-bond acceptors (Lipinski definition) is 3. The highest BCUT2D eigenvalue weighted by molar-refractivity contribution is 7.98. The van der Waals surface area contributed by atoms with Crippen LogP contribution in [0.1, 0.15) is 22.3 Å². The lowest BCUT2D eigenvalue weighted by Gasteiger charge is -2.14. The van der Waals surface area contributed by atoms with E-state index in [9.17, 15) is 18.0 Å². The van der Waals surface area contributed by atoms with Crippen LogP contribution in [0.5, 0.6) is 0 Å². The number of amides is 1. The Morgan fingerprint density at radius 2 is 2.05 bits per heavy atom. The maximum Gasteiger partial charge on any atom is 0.418 e. The molecule has 20 heavy (non-hydrogen) atoms. The van der Waals surface area contributed by atoms with Crippen molar-refractivity contribution in [3.63, 3.8) is 0 Å². The minimum atomic E-state index is -4.49. The Hall–Kier alpha value is -1.37. The molecule has 0 aromatic heterocycles. The number of anilines is 1. The van der Waals surface area contributed by atoms with Gasteiger partial charge in [0, 0.05) is 24.8 Å². The Morgan fingerprint density at radius 1 is 1.35 bits per heavy atom. The predicted octanol–water partition coefficient (Wildman–Crippen LogP) is 3.23. The average molecular weight is 306 g/mol. The molecule has 112 valence electrons. The van der Waals surface area contributed by atoms with Crippen LogP contribution in [0, 0.1) is 0 Å². The van der Waals surface area contributed by atoms with Crippen molar-refractivity contribution >= 4 is 23.4 Å². The maximum absolute atomic E-state index is 12.9. The van der Waals surface area contributed by atoms with Crippen molar-refractivity contribution in [3.05, 3.63) is 29.3 Å². The molecule has 0 unspecified atom stereocenters. The van der Waals surface area contributed by atoms with E-state index < -0.39 is 17.6 Å². The van der Waals surface area contributed by atoms with E-state index in [1.54, 1.807) is 11.8 Å². The highest BCUT2D eigenvalue weighted by atomic mass is 32.2. The van der Waals surface area contributed by atoms with Gasteiger partial charge in [-0.05, 0) is 36.6 Å². The monoisotopic (exact) mass is 306 g/mol. The van der Waals surface area contributed by atoms with Gasteiger partial charge in [0.25, 0.3) is 5.91 Å². The topological polar surface area (TPSA) is 41.1 Å². The second kappa shape index (κ2) is 7.42. The van der Waals surface area contributed by atoms with Crippen LogP contribution >= 0.6 is 11.8 Å². The van der Waals surface area contributed by atoms with Crippen LogP contribution in [0.2, 0.25) is 0 Å². The average Bonchev–Trinajstić information content (AvgIpc) is 2.41. The molecule has 0 aliphatic rings. The van der Waals surface area contributed by atoms with Gasteiger partial charge in [-0.2, -0.15) is 24.9 Å². The second-order valence-corrected chi connectivity index (χ2v) is 5.10. The fourth-order valence-corrected chi connectivity index (χ4v) is 2.09. The minimum absolute atomic E-state index is 0.0143. The fraction of sp³-hybridized carbons (Fsp3) is 0.462. The lowest BCUT2D eigenvalue weighted by Crippen LogP contribution is -2.25. The highest BCUT2D eigenvalue weighted by Gasteiger charge is 2.34. The summed E-state index contributed by atoms with van der Waals surface area (Å²) in [6.07, 6.45) is -1.75. The summed E-state index contributed by atoms with van der Waals surface area (Å²) >= 11 is 1.65. The SMILES string of the molecule is CNc1ccc(C(=O)NCCCSC)cc1C(F)(F)F. The van der Waals surface area contributed by atoms with E-state index in [0.717, 1.165) is 18.2 Å². The summed E-state index contributed by atoms with van der Waals surface area (Å²) in [6.45, 7) is 0.453. The number of nitrogens with one attached hydrogen (secondary N) is 2. The summed E-state index contributed by atoms with van der Waals surface area (Å²) in [5, 5.41) is 5.08. The van der Waals surface area contributed by atoms with Gasteiger partial charge in [0.2, 0.25) is 0 Å². The minimum Gasteiger partial charge on any atom is -0.388 e. The summed E-state index contributed by atoms with van der Waals surface area (Å²) in [5.74, 6) is 0.409. The van der Waals surface area contributed by atoms with E-state index in [4.69, 9.17) is 0 Å². The van der Waals surface area contributed by atoms with E-state index in [-0.39, 0.29) is 11.3 Å². The van der Waals surface area contributed by atoms with E-state index in [0.29, 0.717) is 6.54 Å². The third kappa shape index (κ3) is 4.63. The molecular formula is C13H17F3N2OS. The zero-order valence-electron chi connectivity index (χ0n) is 11.3. The van der Waals surface area contributed by atoms with Gasteiger partial charge in [0.1, 0.15) is 0 Å². The molecule has 0 spiro atoms. The van der Waals surface area contributed by atoms with Gasteiger partial charge in [0.15, 0.2) is 0 Å². The molecule has 0 aliphatic heterocycles. The van der Waals surface area contributed by atoms with Gasteiger partial charge in [-0.25, -0.2) is 0 Å². The first-order valence-corrected chi connectivity index (χ1v) is 7.45. The molecule has 0 saturated carbocycles. The number of halogens is 3. The van der Waals surface area contributed by atoms with Crippen molar-refractivity contribution in [3.8, 4) is 0 Å². The number of carbonyl (C=O) groups excluding carboxylic acids is 1. The Balaban J connectivity index is 2.83. The number of carbonyl (C=O) groups is 1. The lowest BCUT2D eigenvalue weighted by molar-refractivity contribution is -0.136. The molecule has 0 fully saturated rings.